The molecule has 2 aliphatic rings. The average molecular weight is 150 g/mol. The molecule has 0 amide bonds. The van der Waals surface area contributed by atoms with Crippen molar-refractivity contribution in [2.24, 2.45) is 5.92 Å². The van der Waals surface area contributed by atoms with Gasteiger partial charge in [-0.3, -0.25) is 5.32 Å². The van der Waals surface area contributed by atoms with Gasteiger partial charge in [-0.15, -0.1) is 0 Å². The Morgan fingerprint density at radius 1 is 1.36 bits per heavy atom. The third kappa shape index (κ3) is 1.39. The Balaban J connectivity index is 1.96. The minimum atomic E-state index is -0.207. The van der Waals surface area contributed by atoms with Crippen LogP contribution in [0.15, 0.2) is 0 Å². The molecule has 1 atom stereocenters. The van der Waals surface area contributed by atoms with E-state index in [0.717, 1.165) is 0 Å². The van der Waals surface area contributed by atoms with Crippen LogP contribution in [-0.2, 0) is 0 Å². The largest absolute Gasteiger partial charge is 0.297 e. The smallest absolute Gasteiger partial charge is 0.106 e. The van der Waals surface area contributed by atoms with E-state index in [1.165, 1.54) is 25.7 Å². The fraction of sp³-hybridized carbons (Fsp3) is 0.889. The van der Waals surface area contributed by atoms with Gasteiger partial charge in [0.25, 0.3) is 0 Å². The molecular formula is C9H14N2. The second-order valence-electron chi connectivity index (χ2n) is 4.01. The van der Waals surface area contributed by atoms with Crippen molar-refractivity contribution < 1.29 is 0 Å². The lowest BCUT2D eigenvalue weighted by Gasteiger charge is -2.22. The first kappa shape index (κ1) is 7.12. The maximum Gasteiger partial charge on any atom is 0.106 e. The quantitative estimate of drug-likeness (QED) is 0.660. The Hall–Kier alpha value is -0.550. The van der Waals surface area contributed by atoms with Gasteiger partial charge in [-0.1, -0.05) is 0 Å². The summed E-state index contributed by atoms with van der Waals surface area (Å²) >= 11 is 0. The van der Waals surface area contributed by atoms with Gasteiger partial charge < -0.3 is 0 Å². The highest BCUT2D eigenvalue weighted by Gasteiger charge is 2.44. The van der Waals surface area contributed by atoms with E-state index < -0.39 is 0 Å². The first-order valence-corrected chi connectivity index (χ1v) is 4.43. The highest BCUT2D eigenvalue weighted by Crippen LogP contribution is 2.40. The van der Waals surface area contributed by atoms with Crippen LogP contribution < -0.4 is 5.32 Å². The molecule has 60 valence electrons. The van der Waals surface area contributed by atoms with Gasteiger partial charge in [0.2, 0.25) is 0 Å². The summed E-state index contributed by atoms with van der Waals surface area (Å²) in [5.41, 5.74) is -0.207. The summed E-state index contributed by atoms with van der Waals surface area (Å²) in [7, 11) is 0. The van der Waals surface area contributed by atoms with Crippen molar-refractivity contribution in [3.8, 4) is 6.07 Å². The van der Waals surface area contributed by atoms with Crippen LogP contribution in [0, 0.1) is 17.2 Å². The van der Waals surface area contributed by atoms with Gasteiger partial charge in [0.15, 0.2) is 0 Å². The average Bonchev–Trinajstić information content (AvgIpc) is 2.81. The predicted octanol–water partition coefficient (Wildman–Crippen LogP) is 1.43. The molecule has 1 N–H and O–H groups in total. The van der Waals surface area contributed by atoms with Crippen molar-refractivity contribution in [1.82, 2.24) is 5.32 Å². The van der Waals surface area contributed by atoms with Crippen LogP contribution in [-0.4, -0.2) is 11.6 Å². The molecule has 2 nitrogen and oxygen atoms in total. The molecule has 11 heavy (non-hydrogen) atoms. The Bertz CT molecular complexity index is 198. The minimum absolute atomic E-state index is 0.207. The lowest BCUT2D eigenvalue weighted by Crippen LogP contribution is -2.44. The zero-order valence-corrected chi connectivity index (χ0v) is 6.93. The van der Waals surface area contributed by atoms with Gasteiger partial charge in [-0.2, -0.15) is 5.26 Å². The van der Waals surface area contributed by atoms with Crippen molar-refractivity contribution >= 4 is 0 Å². The van der Waals surface area contributed by atoms with Crippen molar-refractivity contribution in [1.29, 1.82) is 5.26 Å². The van der Waals surface area contributed by atoms with Crippen molar-refractivity contribution in [2.45, 2.75) is 44.2 Å². The summed E-state index contributed by atoms with van der Waals surface area (Å²) in [6.07, 6.45) is 5.02. The summed E-state index contributed by atoms with van der Waals surface area (Å²) in [5, 5.41) is 12.4. The number of nitriles is 1. The number of nitrogens with one attached hydrogen (secondary N) is 1. The van der Waals surface area contributed by atoms with Crippen LogP contribution >= 0.6 is 0 Å². The van der Waals surface area contributed by atoms with Crippen LogP contribution in [0.25, 0.3) is 0 Å². The van der Waals surface area contributed by atoms with E-state index in [-0.39, 0.29) is 5.54 Å². The van der Waals surface area contributed by atoms with Crippen LogP contribution in [0.2, 0.25) is 0 Å². The maximum atomic E-state index is 8.96. The molecule has 0 aliphatic heterocycles. The molecule has 0 aromatic rings. The van der Waals surface area contributed by atoms with Crippen molar-refractivity contribution in [3.63, 3.8) is 0 Å². The molecule has 0 aromatic carbocycles. The van der Waals surface area contributed by atoms with Gasteiger partial charge in [-0.05, 0) is 38.5 Å². The zero-order chi connectivity index (χ0) is 7.90. The van der Waals surface area contributed by atoms with E-state index in [0.29, 0.717) is 12.0 Å². The van der Waals surface area contributed by atoms with Crippen molar-refractivity contribution in [3.05, 3.63) is 0 Å². The fourth-order valence-electron chi connectivity index (χ4n) is 1.55. The Morgan fingerprint density at radius 2 is 2.00 bits per heavy atom. The third-order valence-electron chi connectivity index (χ3n) is 2.71. The zero-order valence-electron chi connectivity index (χ0n) is 6.93. The Labute approximate surface area is 67.6 Å². The highest BCUT2D eigenvalue weighted by molar-refractivity contribution is 5.14. The van der Waals surface area contributed by atoms with Crippen LogP contribution in [0.1, 0.15) is 32.6 Å². The van der Waals surface area contributed by atoms with Crippen LogP contribution in [0.3, 0.4) is 0 Å². The molecule has 2 saturated carbocycles. The summed E-state index contributed by atoms with van der Waals surface area (Å²) in [6.45, 7) is 2.04. The molecule has 2 aliphatic carbocycles. The first-order valence-electron chi connectivity index (χ1n) is 4.43. The molecule has 0 bridgehead atoms. The number of hydrogen-bond donors (Lipinski definition) is 1. The normalized spacial score (nSPS) is 29.1. The molecule has 0 heterocycles. The topological polar surface area (TPSA) is 35.8 Å². The van der Waals surface area contributed by atoms with Crippen LogP contribution in [0.5, 0.6) is 0 Å². The molecule has 2 fully saturated rings. The summed E-state index contributed by atoms with van der Waals surface area (Å²) < 4.78 is 0. The maximum absolute atomic E-state index is 8.96. The molecule has 0 radical (unpaired) electrons. The number of hydrogen-bond acceptors (Lipinski definition) is 2. The Morgan fingerprint density at radius 3 is 2.36 bits per heavy atom. The van der Waals surface area contributed by atoms with E-state index in [1.54, 1.807) is 0 Å². The molecule has 1 unspecified atom stereocenters. The summed E-state index contributed by atoms with van der Waals surface area (Å²) in [5.74, 6) is 0.632. The van der Waals surface area contributed by atoms with E-state index in [2.05, 4.69) is 11.4 Å². The second-order valence-corrected chi connectivity index (χ2v) is 4.01. The summed E-state index contributed by atoms with van der Waals surface area (Å²) in [4.78, 5) is 0. The van der Waals surface area contributed by atoms with Gasteiger partial charge in [0.05, 0.1) is 6.07 Å². The highest BCUT2D eigenvalue weighted by atomic mass is 15.0. The molecule has 0 aromatic heterocycles. The SMILES string of the molecule is CC(C#N)(NC1CC1)C1CC1. The van der Waals surface area contributed by atoms with Crippen molar-refractivity contribution in [2.75, 3.05) is 0 Å². The standard InChI is InChI=1S/C9H14N2/c1-9(6-10,7-2-3-7)11-8-4-5-8/h7-8,11H,2-5H2,1H3. The minimum Gasteiger partial charge on any atom is -0.297 e. The van der Waals surface area contributed by atoms with Gasteiger partial charge in [0, 0.05) is 6.04 Å². The van der Waals surface area contributed by atoms with E-state index >= 15 is 0 Å². The lowest BCUT2D eigenvalue weighted by atomic mass is 9.98. The molecular weight excluding hydrogens is 136 g/mol. The van der Waals surface area contributed by atoms with Gasteiger partial charge >= 0.3 is 0 Å². The van der Waals surface area contributed by atoms with Gasteiger partial charge in [0.1, 0.15) is 5.54 Å². The summed E-state index contributed by atoms with van der Waals surface area (Å²) in [6, 6.07) is 3.05. The number of nitrogens with zero attached hydrogens (tertiary/aromatic N) is 1. The van der Waals surface area contributed by atoms with E-state index in [1.807, 2.05) is 6.92 Å². The second kappa shape index (κ2) is 2.22. The molecule has 0 saturated heterocycles. The third-order valence-corrected chi connectivity index (χ3v) is 2.71. The predicted molar refractivity (Wildman–Crippen MR) is 42.9 cm³/mol. The fourth-order valence-corrected chi connectivity index (χ4v) is 1.55. The number of rotatable bonds is 3. The monoisotopic (exact) mass is 150 g/mol. The van der Waals surface area contributed by atoms with Crippen LogP contribution in [0.4, 0.5) is 0 Å². The van der Waals surface area contributed by atoms with E-state index in [4.69, 9.17) is 5.26 Å². The lowest BCUT2D eigenvalue weighted by molar-refractivity contribution is 0.394. The Kier molecular flexibility index (Phi) is 1.43. The molecule has 0 spiro atoms. The van der Waals surface area contributed by atoms with E-state index in [9.17, 15) is 0 Å². The first-order chi connectivity index (χ1) is 5.24. The molecule has 2 heteroatoms. The van der Waals surface area contributed by atoms with Gasteiger partial charge in [-0.25, -0.2) is 0 Å². The molecule has 2 rings (SSSR count).